The standard InChI is InChI=1S/C23H31N7O3S2/c1-15-11-29(35(3,31)32)12-16(2)30(15)14-18-13-28(7-8-33-18)23-21-19(6-9-34-21)26-22(27-23)17-4-5-20(24)25-10-17/h4-6,9-10,15-16,18H,7-8,11-14H2,1-3H3,(H2,24,25)/t15-,16+,18?. The first-order valence-corrected chi connectivity index (χ1v) is 14.5. The van der Waals surface area contributed by atoms with Crippen LogP contribution >= 0.6 is 11.3 Å². The molecule has 3 atom stereocenters. The molecule has 2 saturated heterocycles. The maximum atomic E-state index is 12.1. The summed E-state index contributed by atoms with van der Waals surface area (Å²) < 4.78 is 32.9. The number of nitrogens with two attached hydrogens (primary N) is 1. The first kappa shape index (κ1) is 24.3. The Morgan fingerprint density at radius 1 is 1.14 bits per heavy atom. The molecule has 5 heterocycles. The summed E-state index contributed by atoms with van der Waals surface area (Å²) in [4.78, 5) is 18.5. The third-order valence-electron chi connectivity index (χ3n) is 6.72. The number of rotatable bonds is 5. The van der Waals surface area contributed by atoms with Gasteiger partial charge in [-0.2, -0.15) is 4.31 Å². The fourth-order valence-electron chi connectivity index (χ4n) is 4.93. The molecule has 5 rings (SSSR count). The molecule has 0 aliphatic carbocycles. The van der Waals surface area contributed by atoms with Crippen LogP contribution in [0, 0.1) is 0 Å². The second-order valence-corrected chi connectivity index (χ2v) is 12.3. The third kappa shape index (κ3) is 5.12. The van der Waals surface area contributed by atoms with Gasteiger partial charge in [-0.25, -0.2) is 23.4 Å². The Morgan fingerprint density at radius 3 is 2.60 bits per heavy atom. The average Bonchev–Trinajstić information content (AvgIpc) is 3.29. The average molecular weight is 518 g/mol. The minimum Gasteiger partial charge on any atom is -0.384 e. The van der Waals surface area contributed by atoms with Crippen LogP contribution in [0.1, 0.15) is 13.8 Å². The van der Waals surface area contributed by atoms with Gasteiger partial charge in [0.25, 0.3) is 0 Å². The predicted octanol–water partition coefficient (Wildman–Crippen LogP) is 1.89. The molecular formula is C23H31N7O3S2. The number of pyridine rings is 1. The van der Waals surface area contributed by atoms with Crippen LogP contribution in [-0.4, -0.2) is 96.3 Å². The highest BCUT2D eigenvalue weighted by Crippen LogP contribution is 2.32. The molecule has 0 spiro atoms. The molecule has 3 aromatic heterocycles. The highest BCUT2D eigenvalue weighted by atomic mass is 32.2. The van der Waals surface area contributed by atoms with Crippen LogP contribution in [0.3, 0.4) is 0 Å². The fourth-order valence-corrected chi connectivity index (χ4v) is 6.75. The lowest BCUT2D eigenvalue weighted by molar-refractivity contribution is -0.0179. The SMILES string of the molecule is C[C@@H]1CN(S(C)(=O)=O)C[C@H](C)N1CC1CN(c2nc(-c3ccc(N)nc3)nc3ccsc23)CCO1. The number of fused-ring (bicyclic) bond motifs is 1. The Kier molecular flexibility index (Phi) is 6.66. The van der Waals surface area contributed by atoms with Crippen molar-refractivity contribution in [3.63, 3.8) is 0 Å². The van der Waals surface area contributed by atoms with Crippen molar-refractivity contribution in [2.45, 2.75) is 32.0 Å². The van der Waals surface area contributed by atoms with E-state index in [2.05, 4.69) is 28.6 Å². The van der Waals surface area contributed by atoms with Gasteiger partial charge in [0.05, 0.1) is 29.2 Å². The van der Waals surface area contributed by atoms with Crippen LogP contribution < -0.4 is 10.6 Å². The molecule has 10 nitrogen and oxygen atoms in total. The van der Waals surface area contributed by atoms with Gasteiger partial charge >= 0.3 is 0 Å². The normalized spacial score (nSPS) is 24.8. The minimum absolute atomic E-state index is 0.00921. The molecule has 12 heteroatoms. The second kappa shape index (κ2) is 9.58. The number of thiophene rings is 1. The van der Waals surface area contributed by atoms with Gasteiger partial charge in [-0.1, -0.05) is 0 Å². The Balaban J connectivity index is 1.36. The van der Waals surface area contributed by atoms with E-state index in [-0.39, 0.29) is 18.2 Å². The van der Waals surface area contributed by atoms with Crippen molar-refractivity contribution in [3.05, 3.63) is 29.8 Å². The van der Waals surface area contributed by atoms with Gasteiger partial charge in [0.2, 0.25) is 10.0 Å². The summed E-state index contributed by atoms with van der Waals surface area (Å²) in [5.74, 6) is 2.00. The van der Waals surface area contributed by atoms with Crippen LogP contribution in [0.5, 0.6) is 0 Å². The predicted molar refractivity (Wildman–Crippen MR) is 139 cm³/mol. The van der Waals surface area contributed by atoms with Gasteiger partial charge in [-0.15, -0.1) is 11.3 Å². The van der Waals surface area contributed by atoms with E-state index in [1.807, 2.05) is 17.5 Å². The van der Waals surface area contributed by atoms with Crippen molar-refractivity contribution in [3.8, 4) is 11.4 Å². The van der Waals surface area contributed by atoms with Crippen molar-refractivity contribution in [1.29, 1.82) is 0 Å². The van der Waals surface area contributed by atoms with Gasteiger partial charge in [-0.3, -0.25) is 4.90 Å². The van der Waals surface area contributed by atoms with Gasteiger partial charge in [0, 0.05) is 56.6 Å². The number of anilines is 2. The topological polar surface area (TPSA) is 118 Å². The molecule has 0 amide bonds. The molecule has 2 aliphatic heterocycles. The summed E-state index contributed by atoms with van der Waals surface area (Å²) in [6.07, 6.45) is 2.98. The van der Waals surface area contributed by atoms with E-state index in [1.165, 1.54) is 6.26 Å². The monoisotopic (exact) mass is 517 g/mol. The number of nitrogens with zero attached hydrogens (tertiary/aromatic N) is 6. The number of piperazine rings is 1. The molecule has 35 heavy (non-hydrogen) atoms. The lowest BCUT2D eigenvalue weighted by Gasteiger charge is -2.45. The summed E-state index contributed by atoms with van der Waals surface area (Å²) >= 11 is 1.64. The Hall–Kier alpha value is -2.38. The van der Waals surface area contributed by atoms with Gasteiger partial charge < -0.3 is 15.4 Å². The quantitative estimate of drug-likeness (QED) is 0.541. The number of sulfonamides is 1. The van der Waals surface area contributed by atoms with Crippen molar-refractivity contribution in [2.24, 2.45) is 0 Å². The Bertz CT molecular complexity index is 1290. The molecule has 2 aliphatic rings. The highest BCUT2D eigenvalue weighted by molar-refractivity contribution is 7.88. The molecule has 0 bridgehead atoms. The smallest absolute Gasteiger partial charge is 0.211 e. The summed E-state index contributed by atoms with van der Waals surface area (Å²) in [5.41, 5.74) is 7.49. The number of hydrogen-bond acceptors (Lipinski definition) is 10. The first-order chi connectivity index (χ1) is 16.7. The minimum atomic E-state index is -3.19. The van der Waals surface area contributed by atoms with Crippen LogP contribution in [0.4, 0.5) is 11.6 Å². The van der Waals surface area contributed by atoms with Crippen LogP contribution in [0.25, 0.3) is 21.6 Å². The van der Waals surface area contributed by atoms with E-state index in [1.54, 1.807) is 27.9 Å². The van der Waals surface area contributed by atoms with Crippen LogP contribution in [0.2, 0.25) is 0 Å². The maximum absolute atomic E-state index is 12.1. The van der Waals surface area contributed by atoms with E-state index in [9.17, 15) is 8.42 Å². The zero-order valence-electron chi connectivity index (χ0n) is 20.2. The molecule has 188 valence electrons. The van der Waals surface area contributed by atoms with E-state index in [0.29, 0.717) is 37.9 Å². The van der Waals surface area contributed by atoms with Crippen LogP contribution in [-0.2, 0) is 14.8 Å². The van der Waals surface area contributed by atoms with E-state index < -0.39 is 10.0 Å². The van der Waals surface area contributed by atoms with Crippen molar-refractivity contribution >= 4 is 43.2 Å². The maximum Gasteiger partial charge on any atom is 0.211 e. The lowest BCUT2D eigenvalue weighted by Crippen LogP contribution is -2.60. The van der Waals surface area contributed by atoms with Crippen molar-refractivity contribution in [2.75, 3.05) is 56.2 Å². The molecule has 0 radical (unpaired) electrons. The van der Waals surface area contributed by atoms with Crippen molar-refractivity contribution < 1.29 is 13.2 Å². The fraction of sp³-hybridized carbons (Fsp3) is 0.522. The zero-order chi connectivity index (χ0) is 24.7. The molecule has 0 aromatic carbocycles. The van der Waals surface area contributed by atoms with E-state index in [0.717, 1.165) is 34.7 Å². The number of ether oxygens (including phenoxy) is 1. The Morgan fingerprint density at radius 2 is 1.91 bits per heavy atom. The van der Waals surface area contributed by atoms with E-state index >= 15 is 0 Å². The van der Waals surface area contributed by atoms with Gasteiger partial charge in [0.15, 0.2) is 11.6 Å². The third-order valence-corrected chi connectivity index (χ3v) is 8.86. The number of nitrogen functional groups attached to an aromatic ring is 1. The summed E-state index contributed by atoms with van der Waals surface area (Å²) in [6.45, 7) is 7.96. The van der Waals surface area contributed by atoms with Crippen molar-refractivity contribution in [1.82, 2.24) is 24.2 Å². The number of hydrogen-bond donors (Lipinski definition) is 1. The first-order valence-electron chi connectivity index (χ1n) is 11.7. The number of morpholine rings is 1. The Labute approximate surface area is 209 Å². The van der Waals surface area contributed by atoms with Crippen LogP contribution in [0.15, 0.2) is 29.8 Å². The molecule has 0 saturated carbocycles. The second-order valence-electron chi connectivity index (χ2n) is 9.39. The summed E-state index contributed by atoms with van der Waals surface area (Å²) in [5, 5.41) is 2.04. The van der Waals surface area contributed by atoms with Gasteiger partial charge in [-0.05, 0) is 37.4 Å². The molecular weight excluding hydrogens is 486 g/mol. The van der Waals surface area contributed by atoms with E-state index in [4.69, 9.17) is 20.4 Å². The molecule has 2 N–H and O–H groups in total. The largest absolute Gasteiger partial charge is 0.384 e. The molecule has 2 fully saturated rings. The highest BCUT2D eigenvalue weighted by Gasteiger charge is 2.36. The zero-order valence-corrected chi connectivity index (χ0v) is 21.8. The lowest BCUT2D eigenvalue weighted by atomic mass is 10.1. The number of aromatic nitrogens is 3. The summed E-state index contributed by atoms with van der Waals surface area (Å²) in [6, 6.07) is 5.88. The molecule has 3 aromatic rings. The van der Waals surface area contributed by atoms with Gasteiger partial charge in [0.1, 0.15) is 5.82 Å². The summed E-state index contributed by atoms with van der Waals surface area (Å²) in [7, 11) is -3.19. The molecule has 1 unspecified atom stereocenters.